The molecule has 0 N–H and O–H groups in total. The fourth-order valence-corrected chi connectivity index (χ4v) is 3.51. The number of hydrogen-bond donors (Lipinski definition) is 0. The average Bonchev–Trinajstić information content (AvgIpc) is 2.81. The molecule has 0 saturated heterocycles. The molecule has 21 heavy (non-hydrogen) atoms. The van der Waals surface area contributed by atoms with Crippen LogP contribution in [0.4, 0.5) is 5.13 Å². The van der Waals surface area contributed by atoms with E-state index in [1.54, 1.807) is 0 Å². The van der Waals surface area contributed by atoms with E-state index in [0.29, 0.717) is 6.61 Å². The fraction of sp³-hybridized carbons (Fsp3) is 0.375. The summed E-state index contributed by atoms with van der Waals surface area (Å²) >= 11 is 1.47. The van der Waals surface area contributed by atoms with E-state index < -0.39 is 0 Å². The fourth-order valence-electron chi connectivity index (χ4n) is 2.45. The zero-order valence-electron chi connectivity index (χ0n) is 12.2. The zero-order valence-corrected chi connectivity index (χ0v) is 13.0. The summed E-state index contributed by atoms with van der Waals surface area (Å²) in [4.78, 5) is 18.8. The number of nitrogens with zero attached hydrogens (tertiary/aromatic N) is 2. The van der Waals surface area contributed by atoms with Gasteiger partial charge in [0.05, 0.1) is 17.1 Å². The molecule has 110 valence electrons. The van der Waals surface area contributed by atoms with E-state index >= 15 is 0 Å². The van der Waals surface area contributed by atoms with Crippen LogP contribution < -0.4 is 9.64 Å². The van der Waals surface area contributed by atoms with E-state index in [1.165, 1.54) is 11.3 Å². The topological polar surface area (TPSA) is 42.4 Å². The highest BCUT2D eigenvalue weighted by molar-refractivity contribution is 7.17. The Morgan fingerprint density at radius 1 is 1.38 bits per heavy atom. The summed E-state index contributed by atoms with van der Waals surface area (Å²) in [6, 6.07) is 8.07. The van der Waals surface area contributed by atoms with Gasteiger partial charge in [0.2, 0.25) is 0 Å². The maximum absolute atomic E-state index is 11.2. The monoisotopic (exact) mass is 302 g/mol. The first-order valence-corrected chi connectivity index (χ1v) is 7.92. The standard InChI is InChI=1S/C16H18N2O2S/c1-11(2)15-14(10-19)21-16(17-15)18-7-8-20-13-6-4-3-5-12(13)9-18/h3-6,10-11H,7-9H2,1-2H3. The second-order valence-corrected chi connectivity index (χ2v) is 6.41. The Bertz CT molecular complexity index is 651. The third kappa shape index (κ3) is 2.78. The van der Waals surface area contributed by atoms with Crippen LogP contribution in [0.15, 0.2) is 24.3 Å². The number of para-hydroxylation sites is 1. The molecule has 0 fully saturated rings. The Labute approximate surface area is 128 Å². The molecular formula is C16H18N2O2S. The molecule has 0 saturated carbocycles. The molecule has 0 spiro atoms. The minimum atomic E-state index is 0.255. The van der Waals surface area contributed by atoms with Crippen molar-refractivity contribution in [2.75, 3.05) is 18.1 Å². The second-order valence-electron chi connectivity index (χ2n) is 5.40. The molecule has 1 aromatic heterocycles. The lowest BCUT2D eigenvalue weighted by Crippen LogP contribution is -2.25. The van der Waals surface area contributed by atoms with E-state index in [1.807, 2.05) is 18.2 Å². The van der Waals surface area contributed by atoms with Crippen LogP contribution in [0.25, 0.3) is 0 Å². The van der Waals surface area contributed by atoms with E-state index in [9.17, 15) is 4.79 Å². The maximum Gasteiger partial charge on any atom is 0.186 e. The number of anilines is 1. The van der Waals surface area contributed by atoms with Crippen molar-refractivity contribution in [1.82, 2.24) is 4.98 Å². The van der Waals surface area contributed by atoms with Crippen molar-refractivity contribution in [1.29, 1.82) is 0 Å². The lowest BCUT2D eigenvalue weighted by atomic mass is 10.1. The molecule has 3 rings (SSSR count). The number of hydrogen-bond acceptors (Lipinski definition) is 5. The van der Waals surface area contributed by atoms with Gasteiger partial charge >= 0.3 is 0 Å². The number of rotatable bonds is 3. The van der Waals surface area contributed by atoms with Crippen LogP contribution in [0.2, 0.25) is 0 Å². The van der Waals surface area contributed by atoms with Gasteiger partial charge in [0, 0.05) is 12.1 Å². The van der Waals surface area contributed by atoms with Crippen molar-refractivity contribution in [2.45, 2.75) is 26.3 Å². The van der Waals surface area contributed by atoms with Gasteiger partial charge in [-0.25, -0.2) is 4.98 Å². The predicted molar refractivity (Wildman–Crippen MR) is 84.6 cm³/mol. The summed E-state index contributed by atoms with van der Waals surface area (Å²) in [6.45, 7) is 6.29. The summed E-state index contributed by atoms with van der Waals surface area (Å²) in [6.07, 6.45) is 0.915. The SMILES string of the molecule is CC(C)c1nc(N2CCOc3ccccc3C2)sc1C=O. The summed E-state index contributed by atoms with van der Waals surface area (Å²) in [5.74, 6) is 1.20. The Morgan fingerprint density at radius 2 is 2.19 bits per heavy atom. The summed E-state index contributed by atoms with van der Waals surface area (Å²) in [5, 5.41) is 0.904. The van der Waals surface area contributed by atoms with Crippen LogP contribution in [0.5, 0.6) is 5.75 Å². The normalized spacial score (nSPS) is 14.5. The molecule has 4 nitrogen and oxygen atoms in total. The number of ether oxygens (including phenoxy) is 1. The first-order valence-electron chi connectivity index (χ1n) is 7.10. The van der Waals surface area contributed by atoms with Crippen molar-refractivity contribution in [3.05, 3.63) is 40.4 Å². The van der Waals surface area contributed by atoms with Crippen LogP contribution in [0, 0.1) is 0 Å². The zero-order chi connectivity index (χ0) is 14.8. The van der Waals surface area contributed by atoms with Gasteiger partial charge in [-0.05, 0) is 12.0 Å². The van der Waals surface area contributed by atoms with Gasteiger partial charge in [0.15, 0.2) is 11.4 Å². The lowest BCUT2D eigenvalue weighted by molar-refractivity contribution is 0.112. The molecule has 2 aromatic rings. The number of benzene rings is 1. The van der Waals surface area contributed by atoms with Gasteiger partial charge < -0.3 is 9.64 Å². The van der Waals surface area contributed by atoms with Crippen molar-refractivity contribution in [3.63, 3.8) is 0 Å². The minimum Gasteiger partial charge on any atom is -0.491 e. The van der Waals surface area contributed by atoms with Gasteiger partial charge in [-0.1, -0.05) is 43.4 Å². The Morgan fingerprint density at radius 3 is 2.90 bits per heavy atom. The van der Waals surface area contributed by atoms with E-state index in [-0.39, 0.29) is 5.92 Å². The maximum atomic E-state index is 11.2. The van der Waals surface area contributed by atoms with Crippen LogP contribution in [0.3, 0.4) is 0 Å². The molecule has 1 aliphatic heterocycles. The lowest BCUT2D eigenvalue weighted by Gasteiger charge is -2.18. The number of fused-ring (bicyclic) bond motifs is 1. The molecule has 1 aromatic carbocycles. The summed E-state index contributed by atoms with van der Waals surface area (Å²) < 4.78 is 5.78. The van der Waals surface area contributed by atoms with Gasteiger partial charge in [0.1, 0.15) is 12.4 Å². The van der Waals surface area contributed by atoms with Crippen molar-refractivity contribution >= 4 is 22.8 Å². The number of carbonyl (C=O) groups is 1. The number of aromatic nitrogens is 1. The first kappa shape index (κ1) is 14.1. The molecule has 0 radical (unpaired) electrons. The predicted octanol–water partition coefficient (Wildman–Crippen LogP) is 3.48. The summed E-state index contributed by atoms with van der Waals surface area (Å²) in [5.41, 5.74) is 2.05. The molecule has 2 heterocycles. The highest BCUT2D eigenvalue weighted by Crippen LogP contribution is 2.32. The van der Waals surface area contributed by atoms with Gasteiger partial charge in [0.25, 0.3) is 0 Å². The molecule has 0 bridgehead atoms. The van der Waals surface area contributed by atoms with E-state index in [0.717, 1.165) is 46.4 Å². The smallest absolute Gasteiger partial charge is 0.186 e. The number of carbonyl (C=O) groups excluding carboxylic acids is 1. The van der Waals surface area contributed by atoms with Crippen molar-refractivity contribution in [3.8, 4) is 5.75 Å². The Hall–Kier alpha value is -1.88. The Kier molecular flexibility index (Phi) is 3.92. The van der Waals surface area contributed by atoms with Crippen molar-refractivity contribution in [2.24, 2.45) is 0 Å². The molecule has 0 unspecified atom stereocenters. The molecule has 1 aliphatic rings. The molecule has 5 heteroatoms. The highest BCUT2D eigenvalue weighted by Gasteiger charge is 2.21. The second kappa shape index (κ2) is 5.85. The number of aldehydes is 1. The van der Waals surface area contributed by atoms with Gasteiger partial charge in [-0.3, -0.25) is 4.79 Å². The highest BCUT2D eigenvalue weighted by atomic mass is 32.1. The Balaban J connectivity index is 1.92. The van der Waals surface area contributed by atoms with Crippen LogP contribution >= 0.6 is 11.3 Å². The van der Waals surface area contributed by atoms with Gasteiger partial charge in [-0.2, -0.15) is 0 Å². The number of thiazole rings is 1. The van der Waals surface area contributed by atoms with E-state index in [2.05, 4.69) is 29.8 Å². The molecule has 0 amide bonds. The summed E-state index contributed by atoms with van der Waals surface area (Å²) in [7, 11) is 0. The minimum absolute atomic E-state index is 0.255. The van der Waals surface area contributed by atoms with Crippen molar-refractivity contribution < 1.29 is 9.53 Å². The van der Waals surface area contributed by atoms with Crippen LogP contribution in [0.1, 0.15) is 40.7 Å². The third-order valence-corrected chi connectivity index (χ3v) is 4.60. The van der Waals surface area contributed by atoms with E-state index in [4.69, 9.17) is 4.74 Å². The van der Waals surface area contributed by atoms with Crippen LogP contribution in [-0.2, 0) is 6.54 Å². The largest absolute Gasteiger partial charge is 0.491 e. The molecule has 0 atom stereocenters. The van der Waals surface area contributed by atoms with Crippen LogP contribution in [-0.4, -0.2) is 24.4 Å². The average molecular weight is 302 g/mol. The first-order chi connectivity index (χ1) is 10.2. The third-order valence-electron chi connectivity index (χ3n) is 3.55. The molecular weight excluding hydrogens is 284 g/mol. The molecule has 0 aliphatic carbocycles. The van der Waals surface area contributed by atoms with Gasteiger partial charge in [-0.15, -0.1) is 0 Å². The quantitative estimate of drug-likeness (QED) is 0.814.